The smallest absolute Gasteiger partial charge is 0.341 e. The van der Waals surface area contributed by atoms with E-state index in [1.54, 1.807) is 6.07 Å². The summed E-state index contributed by atoms with van der Waals surface area (Å²) in [5.41, 5.74) is 2.01. The van der Waals surface area contributed by atoms with Crippen molar-refractivity contribution in [3.05, 3.63) is 66.2 Å². The van der Waals surface area contributed by atoms with Gasteiger partial charge in [0.2, 0.25) is 0 Å². The predicted molar refractivity (Wildman–Crippen MR) is 69.6 cm³/mol. The van der Waals surface area contributed by atoms with E-state index in [-0.39, 0.29) is 6.61 Å². The highest BCUT2D eigenvalue weighted by atomic mass is 16.5. The molecule has 0 aliphatic rings. The summed E-state index contributed by atoms with van der Waals surface area (Å²) in [6, 6.07) is 13.2. The maximum absolute atomic E-state index is 11.6. The van der Waals surface area contributed by atoms with Crippen LogP contribution in [0.4, 0.5) is 0 Å². The first-order chi connectivity index (χ1) is 9.33. The summed E-state index contributed by atoms with van der Waals surface area (Å²) in [6.45, 7) is 0.148. The van der Waals surface area contributed by atoms with Crippen molar-refractivity contribution < 1.29 is 13.9 Å². The molecule has 0 saturated carbocycles. The van der Waals surface area contributed by atoms with Gasteiger partial charge >= 0.3 is 5.97 Å². The summed E-state index contributed by atoms with van der Waals surface area (Å²) in [6.07, 6.45) is 2.79. The minimum absolute atomic E-state index is 0.148. The lowest BCUT2D eigenvalue weighted by Crippen LogP contribution is -2.05. The minimum atomic E-state index is -0.413. The van der Waals surface area contributed by atoms with Gasteiger partial charge in [-0.2, -0.15) is 0 Å². The van der Waals surface area contributed by atoms with E-state index in [1.807, 2.05) is 36.4 Å². The molecule has 2 aromatic heterocycles. The number of furan rings is 1. The van der Waals surface area contributed by atoms with Crippen LogP contribution in [0, 0.1) is 0 Å². The van der Waals surface area contributed by atoms with Crippen molar-refractivity contribution in [3.8, 4) is 0 Å². The highest BCUT2D eigenvalue weighted by Crippen LogP contribution is 2.13. The predicted octanol–water partition coefficient (Wildman–Crippen LogP) is 3.18. The van der Waals surface area contributed by atoms with Gasteiger partial charge < -0.3 is 9.15 Å². The van der Waals surface area contributed by atoms with Gasteiger partial charge in [-0.3, -0.25) is 0 Å². The molecule has 0 radical (unpaired) electrons. The van der Waals surface area contributed by atoms with Gasteiger partial charge in [-0.25, -0.2) is 9.78 Å². The largest absolute Gasteiger partial charge is 0.472 e. The van der Waals surface area contributed by atoms with Crippen LogP contribution in [0.25, 0.3) is 10.9 Å². The molecule has 3 aromatic rings. The zero-order chi connectivity index (χ0) is 13.1. The second-order valence-corrected chi connectivity index (χ2v) is 4.08. The monoisotopic (exact) mass is 253 g/mol. The fourth-order valence-corrected chi connectivity index (χ4v) is 1.79. The van der Waals surface area contributed by atoms with Crippen LogP contribution in [0.15, 0.2) is 59.4 Å². The molecule has 0 N–H and O–H groups in total. The zero-order valence-electron chi connectivity index (χ0n) is 10.1. The molecule has 0 saturated heterocycles. The molecule has 0 aliphatic carbocycles. The minimum Gasteiger partial charge on any atom is -0.472 e. The Kier molecular flexibility index (Phi) is 2.98. The molecule has 0 fully saturated rings. The van der Waals surface area contributed by atoms with E-state index in [4.69, 9.17) is 9.15 Å². The molecule has 0 bridgehead atoms. The maximum Gasteiger partial charge on any atom is 0.341 e. The van der Waals surface area contributed by atoms with Crippen molar-refractivity contribution in [2.75, 3.05) is 0 Å². The normalized spacial score (nSPS) is 10.5. The summed E-state index contributed by atoms with van der Waals surface area (Å²) >= 11 is 0. The van der Waals surface area contributed by atoms with Gasteiger partial charge in [0.15, 0.2) is 0 Å². The Morgan fingerprint density at radius 2 is 2.05 bits per heavy atom. The molecular formula is C15H11NO3. The first-order valence-electron chi connectivity index (χ1n) is 5.87. The number of pyridine rings is 1. The summed E-state index contributed by atoms with van der Waals surface area (Å²) in [5, 5.41) is 1.06. The number of carbonyl (C=O) groups excluding carboxylic acids is 1. The summed E-state index contributed by atoms with van der Waals surface area (Å²) in [5.74, 6) is -0.413. The molecule has 3 rings (SSSR count). The Hall–Kier alpha value is -2.62. The van der Waals surface area contributed by atoms with Crippen LogP contribution >= 0.6 is 0 Å². The molecule has 19 heavy (non-hydrogen) atoms. The van der Waals surface area contributed by atoms with Crippen molar-refractivity contribution >= 4 is 16.9 Å². The Morgan fingerprint density at radius 3 is 2.89 bits per heavy atom. The van der Waals surface area contributed by atoms with Crippen LogP contribution in [0.3, 0.4) is 0 Å². The Bertz CT molecular complexity index is 704. The standard InChI is InChI=1S/C15H11NO3/c17-15(12-7-8-18-9-12)19-10-13-6-5-11-3-1-2-4-14(11)16-13/h1-9H,10H2. The summed E-state index contributed by atoms with van der Waals surface area (Å²) in [7, 11) is 0. The highest BCUT2D eigenvalue weighted by molar-refractivity contribution is 5.88. The van der Waals surface area contributed by atoms with Crippen molar-refractivity contribution in [3.63, 3.8) is 0 Å². The average Bonchev–Trinajstić information content (AvgIpc) is 2.99. The summed E-state index contributed by atoms with van der Waals surface area (Å²) in [4.78, 5) is 16.1. The zero-order valence-corrected chi connectivity index (χ0v) is 10.1. The molecule has 4 nitrogen and oxygen atoms in total. The molecule has 0 unspecified atom stereocenters. The lowest BCUT2D eigenvalue weighted by atomic mass is 10.2. The van der Waals surface area contributed by atoms with E-state index in [0.717, 1.165) is 16.6 Å². The fraction of sp³-hybridized carbons (Fsp3) is 0.0667. The number of carbonyl (C=O) groups is 1. The van der Waals surface area contributed by atoms with Crippen LogP contribution in [-0.2, 0) is 11.3 Å². The van der Waals surface area contributed by atoms with Crippen LogP contribution in [0.1, 0.15) is 16.1 Å². The number of hydrogen-bond donors (Lipinski definition) is 0. The van der Waals surface area contributed by atoms with E-state index in [0.29, 0.717) is 5.56 Å². The third-order valence-electron chi connectivity index (χ3n) is 2.76. The molecule has 0 amide bonds. The SMILES string of the molecule is O=C(OCc1ccc2ccccc2n1)c1ccoc1. The molecule has 0 aliphatic heterocycles. The van der Waals surface area contributed by atoms with Crippen molar-refractivity contribution in [2.24, 2.45) is 0 Å². The van der Waals surface area contributed by atoms with Crippen molar-refractivity contribution in [2.45, 2.75) is 6.61 Å². The van der Waals surface area contributed by atoms with Gasteiger partial charge in [0, 0.05) is 5.39 Å². The van der Waals surface area contributed by atoms with Gasteiger partial charge in [-0.05, 0) is 18.2 Å². The van der Waals surface area contributed by atoms with Gasteiger partial charge in [-0.15, -0.1) is 0 Å². The van der Waals surface area contributed by atoms with Crippen LogP contribution in [0.2, 0.25) is 0 Å². The van der Waals surface area contributed by atoms with Crippen molar-refractivity contribution in [1.29, 1.82) is 0 Å². The second-order valence-electron chi connectivity index (χ2n) is 4.08. The van der Waals surface area contributed by atoms with Gasteiger partial charge in [-0.1, -0.05) is 24.3 Å². The van der Waals surface area contributed by atoms with Gasteiger partial charge in [0.25, 0.3) is 0 Å². The number of hydrogen-bond acceptors (Lipinski definition) is 4. The number of ether oxygens (including phenoxy) is 1. The third-order valence-corrected chi connectivity index (χ3v) is 2.76. The summed E-state index contributed by atoms with van der Waals surface area (Å²) < 4.78 is 9.99. The van der Waals surface area contributed by atoms with E-state index in [1.165, 1.54) is 12.5 Å². The Morgan fingerprint density at radius 1 is 1.16 bits per heavy atom. The maximum atomic E-state index is 11.6. The Balaban J connectivity index is 1.73. The molecule has 94 valence electrons. The lowest BCUT2D eigenvalue weighted by Gasteiger charge is -2.04. The van der Waals surface area contributed by atoms with E-state index in [9.17, 15) is 4.79 Å². The first-order valence-corrected chi connectivity index (χ1v) is 5.87. The number of esters is 1. The molecule has 4 heteroatoms. The van der Waals surface area contributed by atoms with Crippen molar-refractivity contribution in [1.82, 2.24) is 4.98 Å². The first kappa shape index (κ1) is 11.5. The highest BCUT2D eigenvalue weighted by Gasteiger charge is 2.09. The topological polar surface area (TPSA) is 52.3 Å². The lowest BCUT2D eigenvalue weighted by molar-refractivity contribution is 0.0467. The molecule has 1 aromatic carbocycles. The number of benzene rings is 1. The molecule has 0 spiro atoms. The van der Waals surface area contributed by atoms with Gasteiger partial charge in [0.1, 0.15) is 12.9 Å². The van der Waals surface area contributed by atoms with Crippen LogP contribution < -0.4 is 0 Å². The molecule has 0 atom stereocenters. The third kappa shape index (κ3) is 2.47. The number of fused-ring (bicyclic) bond motifs is 1. The molecular weight excluding hydrogens is 242 g/mol. The average molecular weight is 253 g/mol. The van der Waals surface area contributed by atoms with Gasteiger partial charge in [0.05, 0.1) is 23.0 Å². The molecule has 2 heterocycles. The number of rotatable bonds is 3. The number of para-hydroxylation sites is 1. The van der Waals surface area contributed by atoms with E-state index >= 15 is 0 Å². The quantitative estimate of drug-likeness (QED) is 0.673. The fourth-order valence-electron chi connectivity index (χ4n) is 1.79. The second kappa shape index (κ2) is 4.94. The van der Waals surface area contributed by atoms with Crippen LogP contribution in [0.5, 0.6) is 0 Å². The number of nitrogens with zero attached hydrogens (tertiary/aromatic N) is 1. The van der Waals surface area contributed by atoms with Crippen LogP contribution in [-0.4, -0.2) is 11.0 Å². The van der Waals surface area contributed by atoms with E-state index < -0.39 is 5.97 Å². The van der Waals surface area contributed by atoms with E-state index in [2.05, 4.69) is 4.98 Å². The Labute approximate surface area is 109 Å². The number of aromatic nitrogens is 1.